The van der Waals surface area contributed by atoms with Crippen molar-refractivity contribution in [3.8, 4) is 17.2 Å². The zero-order chi connectivity index (χ0) is 17.4. The van der Waals surface area contributed by atoms with Crippen LogP contribution in [0.3, 0.4) is 0 Å². The van der Waals surface area contributed by atoms with Gasteiger partial charge in [-0.15, -0.1) is 0 Å². The van der Waals surface area contributed by atoms with Crippen molar-refractivity contribution in [1.82, 2.24) is 5.32 Å². The summed E-state index contributed by atoms with van der Waals surface area (Å²) in [6.45, 7) is 8.90. The highest BCUT2D eigenvalue weighted by Crippen LogP contribution is 2.28. The van der Waals surface area contributed by atoms with Crippen LogP contribution in [0.1, 0.15) is 23.6 Å². The number of ether oxygens (including phenoxy) is 3. The number of hydrogen-bond donors (Lipinski definition) is 1. The Hall–Kier alpha value is -2.20. The fourth-order valence-corrected chi connectivity index (χ4v) is 2.54. The lowest BCUT2D eigenvalue weighted by molar-refractivity contribution is 0.209. The first-order valence-corrected chi connectivity index (χ1v) is 8.35. The highest BCUT2D eigenvalue weighted by atomic mass is 16.5. The van der Waals surface area contributed by atoms with Crippen LogP contribution < -0.4 is 19.5 Å². The van der Waals surface area contributed by atoms with Gasteiger partial charge in [-0.2, -0.15) is 0 Å². The molecule has 0 heterocycles. The van der Waals surface area contributed by atoms with Crippen molar-refractivity contribution in [3.05, 3.63) is 53.1 Å². The van der Waals surface area contributed by atoms with Crippen LogP contribution >= 0.6 is 0 Å². The van der Waals surface area contributed by atoms with Gasteiger partial charge in [-0.1, -0.05) is 31.2 Å². The standard InChI is InChI=1S/C20H27NO3/c1-5-21-14-17-9-10-18(22-4)19(13-17)23-11-12-24-20-15(2)7-6-8-16(20)3/h6-10,13,21H,5,11-12,14H2,1-4H3. The van der Waals surface area contributed by atoms with E-state index in [-0.39, 0.29) is 0 Å². The molecule has 0 saturated carbocycles. The summed E-state index contributed by atoms with van der Waals surface area (Å²) in [5.74, 6) is 2.43. The van der Waals surface area contributed by atoms with E-state index < -0.39 is 0 Å². The highest BCUT2D eigenvalue weighted by molar-refractivity contribution is 5.43. The Morgan fingerprint density at radius 3 is 2.29 bits per heavy atom. The topological polar surface area (TPSA) is 39.7 Å². The van der Waals surface area contributed by atoms with Crippen LogP contribution in [0.25, 0.3) is 0 Å². The molecular formula is C20H27NO3. The Morgan fingerprint density at radius 2 is 1.62 bits per heavy atom. The predicted molar refractivity (Wildman–Crippen MR) is 97.3 cm³/mol. The van der Waals surface area contributed by atoms with Crippen molar-refractivity contribution in [1.29, 1.82) is 0 Å². The van der Waals surface area contributed by atoms with E-state index in [1.165, 1.54) is 5.56 Å². The molecule has 4 nitrogen and oxygen atoms in total. The van der Waals surface area contributed by atoms with Gasteiger partial charge in [0, 0.05) is 6.54 Å². The summed E-state index contributed by atoms with van der Waals surface area (Å²) >= 11 is 0. The zero-order valence-corrected chi connectivity index (χ0v) is 15.0. The third kappa shape index (κ3) is 4.90. The lowest BCUT2D eigenvalue weighted by atomic mass is 10.1. The van der Waals surface area contributed by atoms with Crippen molar-refractivity contribution < 1.29 is 14.2 Å². The third-order valence-corrected chi connectivity index (χ3v) is 3.80. The molecule has 0 bridgehead atoms. The molecule has 0 saturated heterocycles. The molecule has 2 rings (SSSR count). The summed E-state index contributed by atoms with van der Waals surface area (Å²) in [6.07, 6.45) is 0. The number of rotatable bonds is 9. The van der Waals surface area contributed by atoms with Crippen LogP contribution in [0.5, 0.6) is 17.2 Å². The van der Waals surface area contributed by atoms with E-state index in [0.717, 1.165) is 41.5 Å². The largest absolute Gasteiger partial charge is 0.493 e. The molecule has 0 aromatic heterocycles. The minimum atomic E-state index is 0.467. The molecule has 0 atom stereocenters. The van der Waals surface area contributed by atoms with E-state index in [1.54, 1.807) is 7.11 Å². The summed E-state index contributed by atoms with van der Waals surface area (Å²) in [5, 5.41) is 3.31. The number of nitrogens with one attached hydrogen (secondary N) is 1. The molecule has 0 spiro atoms. The summed E-state index contributed by atoms with van der Waals surface area (Å²) < 4.78 is 17.1. The van der Waals surface area contributed by atoms with E-state index in [1.807, 2.05) is 24.3 Å². The van der Waals surface area contributed by atoms with Crippen LogP contribution in [0.4, 0.5) is 0 Å². The second kappa shape index (κ2) is 9.18. The van der Waals surface area contributed by atoms with Gasteiger partial charge in [-0.3, -0.25) is 0 Å². The maximum Gasteiger partial charge on any atom is 0.161 e. The molecule has 0 aliphatic heterocycles. The molecule has 0 aliphatic rings. The number of para-hydroxylation sites is 1. The molecule has 2 aromatic carbocycles. The van der Waals surface area contributed by atoms with E-state index in [4.69, 9.17) is 14.2 Å². The summed E-state index contributed by atoms with van der Waals surface area (Å²) in [6, 6.07) is 12.1. The Kier molecular flexibility index (Phi) is 6.94. The van der Waals surface area contributed by atoms with E-state index in [0.29, 0.717) is 13.2 Å². The third-order valence-electron chi connectivity index (χ3n) is 3.80. The van der Waals surface area contributed by atoms with Crippen LogP contribution in [0.2, 0.25) is 0 Å². The number of benzene rings is 2. The van der Waals surface area contributed by atoms with Crippen LogP contribution in [-0.2, 0) is 6.54 Å². The number of aryl methyl sites for hydroxylation is 2. The van der Waals surface area contributed by atoms with Gasteiger partial charge in [-0.25, -0.2) is 0 Å². The fourth-order valence-electron chi connectivity index (χ4n) is 2.54. The molecule has 0 amide bonds. The minimum Gasteiger partial charge on any atom is -0.493 e. The normalized spacial score (nSPS) is 10.5. The maximum atomic E-state index is 5.88. The van der Waals surface area contributed by atoms with Crippen LogP contribution in [0, 0.1) is 13.8 Å². The van der Waals surface area contributed by atoms with Crippen molar-refractivity contribution in [2.24, 2.45) is 0 Å². The van der Waals surface area contributed by atoms with E-state index >= 15 is 0 Å². The molecule has 0 radical (unpaired) electrons. The van der Waals surface area contributed by atoms with Gasteiger partial charge in [0.15, 0.2) is 11.5 Å². The first kappa shape index (κ1) is 18.1. The van der Waals surface area contributed by atoms with Crippen molar-refractivity contribution >= 4 is 0 Å². The quantitative estimate of drug-likeness (QED) is 0.709. The maximum absolute atomic E-state index is 5.88. The monoisotopic (exact) mass is 329 g/mol. The predicted octanol–water partition coefficient (Wildman–Crippen LogP) is 3.88. The van der Waals surface area contributed by atoms with Gasteiger partial charge < -0.3 is 19.5 Å². The molecule has 4 heteroatoms. The lowest BCUT2D eigenvalue weighted by Gasteiger charge is -2.15. The SMILES string of the molecule is CCNCc1ccc(OC)c(OCCOc2c(C)cccc2C)c1. The lowest BCUT2D eigenvalue weighted by Crippen LogP contribution is -2.13. The van der Waals surface area contributed by atoms with Gasteiger partial charge in [0.05, 0.1) is 7.11 Å². The molecule has 1 N–H and O–H groups in total. The van der Waals surface area contributed by atoms with Gasteiger partial charge in [-0.05, 0) is 49.2 Å². The number of methoxy groups -OCH3 is 1. The first-order valence-electron chi connectivity index (χ1n) is 8.35. The van der Waals surface area contributed by atoms with Crippen molar-refractivity contribution in [2.45, 2.75) is 27.3 Å². The fraction of sp³-hybridized carbons (Fsp3) is 0.400. The molecule has 24 heavy (non-hydrogen) atoms. The first-order chi connectivity index (χ1) is 11.7. The van der Waals surface area contributed by atoms with Gasteiger partial charge in [0.1, 0.15) is 19.0 Å². The second-order valence-electron chi connectivity index (χ2n) is 5.68. The smallest absolute Gasteiger partial charge is 0.161 e. The summed E-state index contributed by atoms with van der Waals surface area (Å²) in [5.41, 5.74) is 3.45. The molecule has 0 unspecified atom stereocenters. The Balaban J connectivity index is 1.93. The van der Waals surface area contributed by atoms with E-state index in [9.17, 15) is 0 Å². The minimum absolute atomic E-state index is 0.467. The molecule has 0 aliphatic carbocycles. The van der Waals surface area contributed by atoms with E-state index in [2.05, 4.69) is 38.2 Å². The molecule has 130 valence electrons. The Morgan fingerprint density at radius 1 is 0.917 bits per heavy atom. The average Bonchev–Trinajstić information content (AvgIpc) is 2.59. The Labute approximate surface area is 144 Å². The summed E-state index contributed by atoms with van der Waals surface area (Å²) in [4.78, 5) is 0. The zero-order valence-electron chi connectivity index (χ0n) is 15.0. The molecular weight excluding hydrogens is 302 g/mol. The van der Waals surface area contributed by atoms with Gasteiger partial charge in [0.2, 0.25) is 0 Å². The molecule has 2 aromatic rings. The summed E-state index contributed by atoms with van der Waals surface area (Å²) in [7, 11) is 1.65. The van der Waals surface area contributed by atoms with Crippen LogP contribution in [-0.4, -0.2) is 26.9 Å². The highest BCUT2D eigenvalue weighted by Gasteiger charge is 2.07. The van der Waals surface area contributed by atoms with Crippen molar-refractivity contribution in [3.63, 3.8) is 0 Å². The Bertz CT molecular complexity index is 635. The van der Waals surface area contributed by atoms with Gasteiger partial charge in [0.25, 0.3) is 0 Å². The molecule has 0 fully saturated rings. The van der Waals surface area contributed by atoms with Crippen molar-refractivity contribution in [2.75, 3.05) is 26.9 Å². The second-order valence-corrected chi connectivity index (χ2v) is 5.68. The van der Waals surface area contributed by atoms with Crippen LogP contribution in [0.15, 0.2) is 36.4 Å². The number of hydrogen-bond acceptors (Lipinski definition) is 4. The van der Waals surface area contributed by atoms with Gasteiger partial charge >= 0.3 is 0 Å². The average molecular weight is 329 g/mol.